The first-order chi connectivity index (χ1) is 13.6. The summed E-state index contributed by atoms with van der Waals surface area (Å²) in [5.74, 6) is -1.40. The highest BCUT2D eigenvalue weighted by atomic mass is 16.5. The fourth-order valence-electron chi connectivity index (χ4n) is 3.24. The molecule has 0 radical (unpaired) electrons. The van der Waals surface area contributed by atoms with E-state index in [1.54, 1.807) is 6.92 Å². The number of rotatable bonds is 7. The largest absolute Gasteiger partial charge is 0.465 e. The van der Waals surface area contributed by atoms with Crippen LogP contribution < -0.4 is 0 Å². The molecular weight excluding hydrogens is 348 g/mol. The van der Waals surface area contributed by atoms with E-state index in [0.717, 1.165) is 16.7 Å². The molecule has 0 aromatic heterocycles. The summed E-state index contributed by atoms with van der Waals surface area (Å²) < 4.78 is 5.07. The molecule has 3 aromatic rings. The maximum Gasteiger partial charge on any atom is 0.316 e. The molecule has 142 valence electrons. The van der Waals surface area contributed by atoms with Gasteiger partial charge in [0.05, 0.1) is 6.61 Å². The standard InChI is InChI=1S/C25H24O3/c1-3-28-25(27)24(18(2)26)17-23-11-7-5-9-21(23)15-13-19-12-14-20-8-4-6-10-22(20)16-19/h4-16,24H,3,17H2,1-2H3/b15-13+. The molecule has 0 heterocycles. The zero-order chi connectivity index (χ0) is 19.9. The Kier molecular flexibility index (Phi) is 6.38. The summed E-state index contributed by atoms with van der Waals surface area (Å²) >= 11 is 0. The van der Waals surface area contributed by atoms with Gasteiger partial charge in [-0.25, -0.2) is 0 Å². The van der Waals surface area contributed by atoms with Gasteiger partial charge < -0.3 is 4.74 Å². The summed E-state index contributed by atoms with van der Waals surface area (Å²) in [7, 11) is 0. The molecule has 0 aliphatic carbocycles. The first kappa shape index (κ1) is 19.6. The summed E-state index contributed by atoms with van der Waals surface area (Å²) in [6.45, 7) is 3.45. The van der Waals surface area contributed by atoms with Crippen LogP contribution in [0.25, 0.3) is 22.9 Å². The van der Waals surface area contributed by atoms with E-state index in [1.807, 2.05) is 42.5 Å². The molecule has 28 heavy (non-hydrogen) atoms. The molecule has 0 aliphatic rings. The van der Waals surface area contributed by atoms with E-state index in [0.29, 0.717) is 6.42 Å². The Labute approximate surface area is 165 Å². The van der Waals surface area contributed by atoms with E-state index in [2.05, 4.69) is 36.4 Å². The molecule has 0 N–H and O–H groups in total. The van der Waals surface area contributed by atoms with Crippen LogP contribution in [-0.4, -0.2) is 18.4 Å². The Morgan fingerprint density at radius 3 is 2.39 bits per heavy atom. The summed E-state index contributed by atoms with van der Waals surface area (Å²) in [5, 5.41) is 2.40. The van der Waals surface area contributed by atoms with Crippen molar-refractivity contribution >= 4 is 34.7 Å². The van der Waals surface area contributed by atoms with Gasteiger partial charge in [0.1, 0.15) is 11.7 Å². The van der Waals surface area contributed by atoms with Crippen LogP contribution in [0, 0.1) is 5.92 Å². The normalized spacial score (nSPS) is 12.2. The van der Waals surface area contributed by atoms with Crippen molar-refractivity contribution in [3.05, 3.63) is 83.4 Å². The minimum absolute atomic E-state index is 0.174. The second kappa shape index (κ2) is 9.14. The lowest BCUT2D eigenvalue weighted by molar-refractivity contribution is -0.151. The van der Waals surface area contributed by atoms with Crippen molar-refractivity contribution in [1.82, 2.24) is 0 Å². The number of hydrogen-bond acceptors (Lipinski definition) is 3. The van der Waals surface area contributed by atoms with Gasteiger partial charge in [0, 0.05) is 0 Å². The summed E-state index contributed by atoms with van der Waals surface area (Å²) in [6.07, 6.45) is 4.42. The molecule has 3 aromatic carbocycles. The SMILES string of the molecule is CCOC(=O)C(Cc1ccccc1/C=C/c1ccc2ccccc2c1)C(C)=O. The van der Waals surface area contributed by atoms with Crippen LogP contribution in [0.1, 0.15) is 30.5 Å². The quantitative estimate of drug-likeness (QED) is 0.320. The minimum Gasteiger partial charge on any atom is -0.465 e. The summed E-state index contributed by atoms with van der Waals surface area (Å²) in [6, 6.07) is 22.4. The van der Waals surface area contributed by atoms with Crippen LogP contribution in [0.4, 0.5) is 0 Å². The zero-order valence-electron chi connectivity index (χ0n) is 16.2. The van der Waals surface area contributed by atoms with E-state index in [4.69, 9.17) is 4.74 Å². The van der Waals surface area contributed by atoms with Crippen molar-refractivity contribution in [1.29, 1.82) is 0 Å². The zero-order valence-corrected chi connectivity index (χ0v) is 16.2. The average Bonchev–Trinajstić information content (AvgIpc) is 2.71. The van der Waals surface area contributed by atoms with Crippen LogP contribution in [0.3, 0.4) is 0 Å². The van der Waals surface area contributed by atoms with Crippen molar-refractivity contribution < 1.29 is 14.3 Å². The monoisotopic (exact) mass is 372 g/mol. The number of carbonyl (C=O) groups is 2. The highest BCUT2D eigenvalue weighted by Gasteiger charge is 2.25. The van der Waals surface area contributed by atoms with Gasteiger partial charge in [-0.05, 0) is 53.8 Å². The third-order valence-electron chi connectivity index (χ3n) is 4.77. The van der Waals surface area contributed by atoms with Crippen molar-refractivity contribution in [2.24, 2.45) is 5.92 Å². The third kappa shape index (κ3) is 4.74. The van der Waals surface area contributed by atoms with Gasteiger partial charge in [-0.1, -0.05) is 72.8 Å². The molecule has 3 nitrogen and oxygen atoms in total. The molecule has 3 rings (SSSR count). The van der Waals surface area contributed by atoms with Gasteiger partial charge in [-0.15, -0.1) is 0 Å². The lowest BCUT2D eigenvalue weighted by Crippen LogP contribution is -2.26. The smallest absolute Gasteiger partial charge is 0.316 e. The average molecular weight is 372 g/mol. The molecule has 1 unspecified atom stereocenters. The molecule has 0 amide bonds. The van der Waals surface area contributed by atoms with Crippen molar-refractivity contribution in [2.45, 2.75) is 20.3 Å². The third-order valence-corrected chi connectivity index (χ3v) is 4.77. The molecule has 0 saturated heterocycles. The molecule has 0 aliphatic heterocycles. The van der Waals surface area contributed by atoms with Crippen LogP contribution in [-0.2, 0) is 20.7 Å². The first-order valence-electron chi connectivity index (χ1n) is 9.50. The van der Waals surface area contributed by atoms with Gasteiger partial charge in [0.25, 0.3) is 0 Å². The first-order valence-corrected chi connectivity index (χ1v) is 9.50. The second-order valence-electron chi connectivity index (χ2n) is 6.76. The Balaban J connectivity index is 1.85. The number of ether oxygens (including phenoxy) is 1. The Bertz CT molecular complexity index is 1020. The van der Waals surface area contributed by atoms with E-state index < -0.39 is 11.9 Å². The Morgan fingerprint density at radius 1 is 0.929 bits per heavy atom. The molecule has 3 heteroatoms. The molecule has 0 spiro atoms. The summed E-state index contributed by atoms with van der Waals surface area (Å²) in [5.41, 5.74) is 3.04. The fourth-order valence-corrected chi connectivity index (χ4v) is 3.24. The van der Waals surface area contributed by atoms with Gasteiger partial charge >= 0.3 is 5.97 Å². The van der Waals surface area contributed by atoms with Crippen LogP contribution in [0.5, 0.6) is 0 Å². The fraction of sp³-hybridized carbons (Fsp3) is 0.200. The maximum atomic E-state index is 12.1. The van der Waals surface area contributed by atoms with Crippen LogP contribution in [0.2, 0.25) is 0 Å². The molecule has 0 saturated carbocycles. The predicted molar refractivity (Wildman–Crippen MR) is 114 cm³/mol. The predicted octanol–water partition coefficient (Wildman–Crippen LogP) is 5.32. The number of Topliss-reactive ketones (excluding diaryl/α,β-unsaturated/α-hetero) is 1. The van der Waals surface area contributed by atoms with Gasteiger partial charge in [-0.3, -0.25) is 9.59 Å². The van der Waals surface area contributed by atoms with Gasteiger partial charge in [-0.2, -0.15) is 0 Å². The second-order valence-corrected chi connectivity index (χ2v) is 6.76. The van der Waals surface area contributed by atoms with Crippen molar-refractivity contribution in [2.75, 3.05) is 6.61 Å². The van der Waals surface area contributed by atoms with E-state index >= 15 is 0 Å². The van der Waals surface area contributed by atoms with Crippen molar-refractivity contribution in [3.8, 4) is 0 Å². The highest BCUT2D eigenvalue weighted by molar-refractivity contribution is 5.98. The number of hydrogen-bond donors (Lipinski definition) is 0. The topological polar surface area (TPSA) is 43.4 Å². The van der Waals surface area contributed by atoms with Crippen LogP contribution in [0.15, 0.2) is 66.7 Å². The van der Waals surface area contributed by atoms with E-state index in [1.165, 1.54) is 17.7 Å². The van der Waals surface area contributed by atoms with Gasteiger partial charge in [0.2, 0.25) is 0 Å². The number of carbonyl (C=O) groups excluding carboxylic acids is 2. The minimum atomic E-state index is -0.768. The Morgan fingerprint density at radius 2 is 1.64 bits per heavy atom. The summed E-state index contributed by atoms with van der Waals surface area (Å²) in [4.78, 5) is 24.1. The Hall–Kier alpha value is -3.20. The molecule has 0 fully saturated rings. The molecule has 0 bridgehead atoms. The number of esters is 1. The lowest BCUT2D eigenvalue weighted by Gasteiger charge is -2.14. The van der Waals surface area contributed by atoms with Crippen molar-refractivity contribution in [3.63, 3.8) is 0 Å². The van der Waals surface area contributed by atoms with E-state index in [9.17, 15) is 9.59 Å². The lowest BCUT2D eigenvalue weighted by atomic mass is 9.92. The number of fused-ring (bicyclic) bond motifs is 1. The number of benzene rings is 3. The number of ketones is 1. The van der Waals surface area contributed by atoms with Crippen LogP contribution >= 0.6 is 0 Å². The maximum absolute atomic E-state index is 12.1. The molecule has 1 atom stereocenters. The highest BCUT2D eigenvalue weighted by Crippen LogP contribution is 2.21. The molecular formula is C25H24O3. The van der Waals surface area contributed by atoms with E-state index in [-0.39, 0.29) is 12.4 Å². The van der Waals surface area contributed by atoms with Gasteiger partial charge in [0.15, 0.2) is 0 Å².